The number of rotatable bonds is 5. The molecular formula is C17H20BrNOS. The van der Waals surface area contributed by atoms with Gasteiger partial charge in [-0.3, -0.25) is 0 Å². The predicted octanol–water partition coefficient (Wildman–Crippen LogP) is 5.08. The van der Waals surface area contributed by atoms with Gasteiger partial charge in [0.05, 0.1) is 3.79 Å². The van der Waals surface area contributed by atoms with Crippen LogP contribution in [-0.2, 0) is 13.0 Å². The highest BCUT2D eigenvalue weighted by Gasteiger charge is 2.19. The fourth-order valence-corrected chi connectivity index (χ4v) is 4.32. The summed E-state index contributed by atoms with van der Waals surface area (Å²) in [6, 6.07) is 11.3. The Hall–Kier alpha value is -0.840. The van der Waals surface area contributed by atoms with Gasteiger partial charge in [0, 0.05) is 10.9 Å². The lowest BCUT2D eigenvalue weighted by molar-refractivity contribution is 0.309. The molecule has 0 saturated carbocycles. The van der Waals surface area contributed by atoms with Crippen molar-refractivity contribution in [3.05, 3.63) is 50.1 Å². The number of thiophene rings is 1. The Morgan fingerprint density at radius 1 is 1.33 bits per heavy atom. The fourth-order valence-electron chi connectivity index (χ4n) is 2.92. The summed E-state index contributed by atoms with van der Waals surface area (Å²) in [5.74, 6) is 0.982. The fraction of sp³-hybridized carbons (Fsp3) is 0.412. The topological polar surface area (TPSA) is 21.3 Å². The SMILES string of the molecule is CCNC1CCCc2cc(OCc3ccc(Br)s3)ccc21. The summed E-state index contributed by atoms with van der Waals surface area (Å²) >= 11 is 5.21. The molecule has 1 aliphatic carbocycles. The van der Waals surface area contributed by atoms with Crippen molar-refractivity contribution in [2.24, 2.45) is 0 Å². The molecule has 2 nitrogen and oxygen atoms in total. The molecule has 1 atom stereocenters. The van der Waals surface area contributed by atoms with E-state index in [-0.39, 0.29) is 0 Å². The Balaban J connectivity index is 1.70. The average Bonchev–Trinajstić information content (AvgIpc) is 2.91. The third kappa shape index (κ3) is 3.68. The number of fused-ring (bicyclic) bond motifs is 1. The molecule has 0 saturated heterocycles. The van der Waals surface area contributed by atoms with Gasteiger partial charge in [0.25, 0.3) is 0 Å². The van der Waals surface area contributed by atoms with Crippen LogP contribution in [0.15, 0.2) is 34.1 Å². The summed E-state index contributed by atoms with van der Waals surface area (Å²) < 4.78 is 7.09. The Labute approximate surface area is 138 Å². The van der Waals surface area contributed by atoms with Gasteiger partial charge in [-0.1, -0.05) is 13.0 Å². The van der Waals surface area contributed by atoms with E-state index < -0.39 is 0 Å². The molecule has 3 rings (SSSR count). The molecule has 1 unspecified atom stereocenters. The largest absolute Gasteiger partial charge is 0.488 e. The normalized spacial score (nSPS) is 17.5. The molecule has 1 N–H and O–H groups in total. The molecule has 21 heavy (non-hydrogen) atoms. The van der Waals surface area contributed by atoms with Crippen molar-refractivity contribution in [1.82, 2.24) is 5.32 Å². The lowest BCUT2D eigenvalue weighted by Crippen LogP contribution is -2.24. The second-order valence-corrected chi connectivity index (χ2v) is 7.91. The summed E-state index contributed by atoms with van der Waals surface area (Å²) in [4.78, 5) is 1.24. The molecule has 1 aromatic carbocycles. The van der Waals surface area contributed by atoms with Gasteiger partial charge in [0.1, 0.15) is 12.4 Å². The minimum Gasteiger partial charge on any atom is -0.488 e. The van der Waals surface area contributed by atoms with Crippen LogP contribution in [0.1, 0.15) is 41.8 Å². The molecule has 0 aliphatic heterocycles. The van der Waals surface area contributed by atoms with Gasteiger partial charge in [-0.15, -0.1) is 11.3 Å². The molecular weight excluding hydrogens is 346 g/mol. The van der Waals surface area contributed by atoms with E-state index in [1.54, 1.807) is 11.3 Å². The maximum absolute atomic E-state index is 5.94. The maximum Gasteiger partial charge on any atom is 0.122 e. The number of hydrogen-bond donors (Lipinski definition) is 1. The number of ether oxygens (including phenoxy) is 1. The Bertz CT molecular complexity index is 611. The molecule has 1 aromatic heterocycles. The molecule has 2 aromatic rings. The lowest BCUT2D eigenvalue weighted by atomic mass is 9.87. The van der Waals surface area contributed by atoms with Crippen LogP contribution in [0, 0.1) is 0 Å². The summed E-state index contributed by atoms with van der Waals surface area (Å²) in [5.41, 5.74) is 2.89. The zero-order chi connectivity index (χ0) is 14.7. The quantitative estimate of drug-likeness (QED) is 0.797. The van der Waals surface area contributed by atoms with Crippen molar-refractivity contribution in [3.63, 3.8) is 0 Å². The smallest absolute Gasteiger partial charge is 0.122 e. The lowest BCUT2D eigenvalue weighted by Gasteiger charge is -2.26. The van der Waals surface area contributed by atoms with Gasteiger partial charge in [-0.05, 0) is 77.1 Å². The molecule has 0 fully saturated rings. The highest BCUT2D eigenvalue weighted by Crippen LogP contribution is 2.32. The summed E-state index contributed by atoms with van der Waals surface area (Å²) in [5, 5.41) is 3.58. The van der Waals surface area contributed by atoms with Crippen LogP contribution in [0.2, 0.25) is 0 Å². The molecule has 0 amide bonds. The van der Waals surface area contributed by atoms with E-state index in [4.69, 9.17) is 4.74 Å². The Morgan fingerprint density at radius 2 is 2.24 bits per heavy atom. The van der Waals surface area contributed by atoms with Crippen LogP contribution in [0.4, 0.5) is 0 Å². The number of nitrogens with one attached hydrogen (secondary N) is 1. The molecule has 1 aliphatic rings. The van der Waals surface area contributed by atoms with Crippen LogP contribution < -0.4 is 10.1 Å². The molecule has 112 valence electrons. The van der Waals surface area contributed by atoms with Gasteiger partial charge >= 0.3 is 0 Å². The van der Waals surface area contributed by atoms with Gasteiger partial charge in [-0.25, -0.2) is 0 Å². The maximum atomic E-state index is 5.94. The van der Waals surface area contributed by atoms with Crippen LogP contribution in [0.5, 0.6) is 5.75 Å². The van der Waals surface area contributed by atoms with E-state index in [2.05, 4.69) is 58.5 Å². The van der Waals surface area contributed by atoms with Crippen molar-refractivity contribution in [2.75, 3.05) is 6.54 Å². The van der Waals surface area contributed by atoms with Gasteiger partial charge in [-0.2, -0.15) is 0 Å². The molecule has 1 heterocycles. The van der Waals surface area contributed by atoms with Gasteiger partial charge in [0.15, 0.2) is 0 Å². The van der Waals surface area contributed by atoms with Crippen molar-refractivity contribution in [1.29, 1.82) is 0 Å². The van der Waals surface area contributed by atoms with Crippen LogP contribution in [0.25, 0.3) is 0 Å². The van der Waals surface area contributed by atoms with E-state index in [1.807, 2.05) is 0 Å². The monoisotopic (exact) mass is 365 g/mol. The van der Waals surface area contributed by atoms with Gasteiger partial charge < -0.3 is 10.1 Å². The van der Waals surface area contributed by atoms with Crippen molar-refractivity contribution >= 4 is 27.3 Å². The van der Waals surface area contributed by atoms with Gasteiger partial charge in [0.2, 0.25) is 0 Å². The number of aryl methyl sites for hydroxylation is 1. The van der Waals surface area contributed by atoms with E-state index in [0.717, 1.165) is 16.1 Å². The Morgan fingerprint density at radius 3 is 3.00 bits per heavy atom. The van der Waals surface area contributed by atoms with E-state index in [9.17, 15) is 0 Å². The average molecular weight is 366 g/mol. The number of benzene rings is 1. The molecule has 0 bridgehead atoms. The summed E-state index contributed by atoms with van der Waals surface area (Å²) in [6.07, 6.45) is 3.66. The molecule has 0 spiro atoms. The zero-order valence-electron chi connectivity index (χ0n) is 12.2. The van der Waals surface area contributed by atoms with E-state index in [1.165, 1.54) is 35.3 Å². The standard InChI is InChI=1S/C17H20BrNOS/c1-2-19-16-5-3-4-12-10-13(6-8-15(12)16)20-11-14-7-9-17(18)21-14/h6-10,16,19H,2-5,11H2,1H3. The molecule has 0 radical (unpaired) electrons. The van der Waals surface area contributed by atoms with E-state index in [0.29, 0.717) is 12.6 Å². The zero-order valence-corrected chi connectivity index (χ0v) is 14.6. The van der Waals surface area contributed by atoms with Crippen molar-refractivity contribution in [2.45, 2.75) is 38.8 Å². The minimum absolute atomic E-state index is 0.515. The van der Waals surface area contributed by atoms with Crippen LogP contribution >= 0.6 is 27.3 Å². The highest BCUT2D eigenvalue weighted by molar-refractivity contribution is 9.11. The van der Waals surface area contributed by atoms with Crippen LogP contribution in [-0.4, -0.2) is 6.54 Å². The number of hydrogen-bond acceptors (Lipinski definition) is 3. The van der Waals surface area contributed by atoms with Crippen LogP contribution in [0.3, 0.4) is 0 Å². The first-order valence-corrected chi connectivity index (χ1v) is 9.10. The predicted molar refractivity (Wildman–Crippen MR) is 92.1 cm³/mol. The first-order chi connectivity index (χ1) is 10.3. The first kappa shape index (κ1) is 15.1. The number of halogens is 1. The third-order valence-electron chi connectivity index (χ3n) is 3.89. The van der Waals surface area contributed by atoms with Crippen molar-refractivity contribution < 1.29 is 4.74 Å². The second kappa shape index (κ2) is 6.95. The third-order valence-corrected chi connectivity index (χ3v) is 5.49. The van der Waals surface area contributed by atoms with Crippen molar-refractivity contribution in [3.8, 4) is 5.75 Å². The summed E-state index contributed by atoms with van der Waals surface area (Å²) in [7, 11) is 0. The first-order valence-electron chi connectivity index (χ1n) is 7.49. The second-order valence-electron chi connectivity index (χ2n) is 5.36. The summed E-state index contributed by atoms with van der Waals surface area (Å²) in [6.45, 7) is 3.84. The minimum atomic E-state index is 0.515. The molecule has 4 heteroatoms. The van der Waals surface area contributed by atoms with E-state index >= 15 is 0 Å². The highest BCUT2D eigenvalue weighted by atomic mass is 79.9. The Kier molecular flexibility index (Phi) is 4.99.